The molecule has 0 bridgehead atoms. The number of hydrogen-bond donors (Lipinski definition) is 1. The maximum Gasteiger partial charge on any atom is 0.311 e. The number of nitro groups is 1. The number of piperidine rings is 1. The average Bonchev–Trinajstić information content (AvgIpc) is 2.69. The lowest BCUT2D eigenvalue weighted by Crippen LogP contribution is -2.46. The van der Waals surface area contributed by atoms with Gasteiger partial charge in [-0.25, -0.2) is 4.98 Å². The largest absolute Gasteiger partial charge is 0.348 e. The Morgan fingerprint density at radius 2 is 1.96 bits per heavy atom. The van der Waals surface area contributed by atoms with Gasteiger partial charge in [0.05, 0.1) is 4.92 Å². The summed E-state index contributed by atoms with van der Waals surface area (Å²) >= 11 is 0. The number of likely N-dealkylation sites (N-methyl/N-ethyl adjacent to an activating group) is 1. The molecular weight excluding hydrogens is 328 g/mol. The first kappa shape index (κ1) is 18.3. The maximum absolute atomic E-state index is 11.5. The number of pyridine rings is 1. The van der Waals surface area contributed by atoms with E-state index in [0.717, 1.165) is 32.4 Å². The molecule has 1 aliphatic heterocycles. The van der Waals surface area contributed by atoms with Crippen LogP contribution in [0.5, 0.6) is 0 Å². The Bertz CT molecular complexity index is 717. The quantitative estimate of drug-likeness (QED) is 0.609. The lowest BCUT2D eigenvalue weighted by atomic mass is 9.85. The minimum atomic E-state index is -0.326. The molecule has 1 N–H and O–H groups in total. The minimum absolute atomic E-state index is 0.0846. The Hall–Kier alpha value is -2.47. The van der Waals surface area contributed by atoms with Crippen LogP contribution in [0.1, 0.15) is 25.3 Å². The summed E-state index contributed by atoms with van der Waals surface area (Å²) < 4.78 is 0. The summed E-state index contributed by atoms with van der Waals surface area (Å²) in [6, 6.07) is 13.8. The molecule has 1 aromatic carbocycles. The molecule has 1 unspecified atom stereocenters. The summed E-state index contributed by atoms with van der Waals surface area (Å²) in [5.74, 6) is 0.970. The van der Waals surface area contributed by atoms with E-state index >= 15 is 0 Å². The predicted octanol–water partition coefficient (Wildman–Crippen LogP) is 3.43. The first-order valence-corrected chi connectivity index (χ1v) is 9.31. The molecule has 0 radical (unpaired) electrons. The van der Waals surface area contributed by atoms with Crippen molar-refractivity contribution in [3.05, 3.63) is 64.3 Å². The summed E-state index contributed by atoms with van der Waals surface area (Å²) in [4.78, 5) is 17.7. The summed E-state index contributed by atoms with van der Waals surface area (Å²) in [5, 5.41) is 14.9. The molecule has 0 aliphatic carbocycles. The van der Waals surface area contributed by atoms with Crippen molar-refractivity contribution in [1.29, 1.82) is 0 Å². The molecule has 1 saturated heterocycles. The zero-order valence-corrected chi connectivity index (χ0v) is 15.2. The molecule has 0 amide bonds. The molecule has 0 spiro atoms. The van der Waals surface area contributed by atoms with E-state index < -0.39 is 0 Å². The van der Waals surface area contributed by atoms with Crippen molar-refractivity contribution in [3.8, 4) is 0 Å². The van der Waals surface area contributed by atoms with E-state index in [4.69, 9.17) is 0 Å². The van der Waals surface area contributed by atoms with E-state index in [-0.39, 0.29) is 16.7 Å². The van der Waals surface area contributed by atoms with Crippen LogP contribution in [0.4, 0.5) is 11.5 Å². The predicted molar refractivity (Wildman–Crippen MR) is 103 cm³/mol. The molecule has 1 aliphatic rings. The van der Waals surface area contributed by atoms with Gasteiger partial charge in [0.25, 0.3) is 0 Å². The van der Waals surface area contributed by atoms with Gasteiger partial charge in [0, 0.05) is 24.8 Å². The van der Waals surface area contributed by atoms with Gasteiger partial charge in [-0.05, 0) is 56.8 Å². The van der Waals surface area contributed by atoms with Gasteiger partial charge >= 0.3 is 5.69 Å². The smallest absolute Gasteiger partial charge is 0.311 e. The Labute approximate surface area is 154 Å². The van der Waals surface area contributed by atoms with Gasteiger partial charge in [0.15, 0.2) is 0 Å². The van der Waals surface area contributed by atoms with Crippen LogP contribution in [0, 0.1) is 16.0 Å². The number of anilines is 1. The number of aromatic nitrogens is 1. The Morgan fingerprint density at radius 3 is 2.62 bits per heavy atom. The molecule has 3 rings (SSSR count). The third-order valence-corrected chi connectivity index (χ3v) is 5.19. The standard InChI is InChI=1S/C20H26N4O2/c1-2-23(20-18(24(25)26)9-6-12-22-20)19(17-10-13-21-14-11-17)15-16-7-4-3-5-8-16/h3-9,12,17,19,21H,2,10-11,13-15H2,1H3. The average molecular weight is 354 g/mol. The van der Waals surface area contributed by atoms with Gasteiger partial charge in [-0.3, -0.25) is 10.1 Å². The fourth-order valence-corrected chi connectivity index (χ4v) is 3.91. The highest BCUT2D eigenvalue weighted by atomic mass is 16.6. The minimum Gasteiger partial charge on any atom is -0.348 e. The molecular formula is C20H26N4O2. The SMILES string of the molecule is CCN(c1ncccc1[N+](=O)[O-])C(Cc1ccccc1)C1CCNCC1. The maximum atomic E-state index is 11.5. The Balaban J connectivity index is 1.96. The van der Waals surface area contributed by atoms with Crippen molar-refractivity contribution in [2.45, 2.75) is 32.2 Å². The molecule has 1 aromatic heterocycles. The third-order valence-electron chi connectivity index (χ3n) is 5.19. The van der Waals surface area contributed by atoms with E-state index in [0.29, 0.717) is 18.3 Å². The van der Waals surface area contributed by atoms with Gasteiger partial charge in [0.1, 0.15) is 0 Å². The first-order valence-electron chi connectivity index (χ1n) is 9.31. The van der Waals surface area contributed by atoms with E-state index in [1.807, 2.05) is 18.2 Å². The molecule has 26 heavy (non-hydrogen) atoms. The van der Waals surface area contributed by atoms with Gasteiger partial charge in [-0.2, -0.15) is 0 Å². The fraction of sp³-hybridized carbons (Fsp3) is 0.450. The van der Waals surface area contributed by atoms with Crippen molar-refractivity contribution in [2.24, 2.45) is 5.92 Å². The molecule has 6 nitrogen and oxygen atoms in total. The summed E-state index contributed by atoms with van der Waals surface area (Å²) in [6.45, 7) is 4.74. The number of nitrogens with one attached hydrogen (secondary N) is 1. The van der Waals surface area contributed by atoms with Gasteiger partial charge in [-0.15, -0.1) is 0 Å². The number of benzene rings is 1. The van der Waals surface area contributed by atoms with Crippen molar-refractivity contribution in [1.82, 2.24) is 10.3 Å². The van der Waals surface area contributed by atoms with E-state index in [2.05, 4.69) is 34.3 Å². The normalized spacial score (nSPS) is 16.2. The Kier molecular flexibility index (Phi) is 6.17. The van der Waals surface area contributed by atoms with Crippen molar-refractivity contribution >= 4 is 11.5 Å². The topological polar surface area (TPSA) is 71.3 Å². The monoisotopic (exact) mass is 354 g/mol. The van der Waals surface area contributed by atoms with Crippen LogP contribution in [0.3, 0.4) is 0 Å². The molecule has 1 atom stereocenters. The molecule has 138 valence electrons. The van der Waals surface area contributed by atoms with Crippen LogP contribution in [0.25, 0.3) is 0 Å². The van der Waals surface area contributed by atoms with Crippen molar-refractivity contribution in [2.75, 3.05) is 24.5 Å². The van der Waals surface area contributed by atoms with Crippen LogP contribution in [0.2, 0.25) is 0 Å². The highest BCUT2D eigenvalue weighted by Gasteiger charge is 2.32. The second-order valence-electron chi connectivity index (χ2n) is 6.73. The van der Waals surface area contributed by atoms with Crippen molar-refractivity contribution < 1.29 is 4.92 Å². The highest BCUT2D eigenvalue weighted by Crippen LogP contribution is 2.32. The zero-order valence-electron chi connectivity index (χ0n) is 15.2. The van der Waals surface area contributed by atoms with Gasteiger partial charge in [-0.1, -0.05) is 30.3 Å². The summed E-state index contributed by atoms with van der Waals surface area (Å²) in [5.41, 5.74) is 1.34. The van der Waals surface area contributed by atoms with Gasteiger partial charge < -0.3 is 10.2 Å². The van der Waals surface area contributed by atoms with Crippen molar-refractivity contribution in [3.63, 3.8) is 0 Å². The van der Waals surface area contributed by atoms with Gasteiger partial charge in [0.2, 0.25) is 5.82 Å². The molecule has 6 heteroatoms. The fourth-order valence-electron chi connectivity index (χ4n) is 3.91. The molecule has 1 fully saturated rings. The first-order chi connectivity index (χ1) is 12.7. The molecule has 2 aromatic rings. The van der Waals surface area contributed by atoms with E-state index in [1.165, 1.54) is 5.56 Å². The number of rotatable bonds is 7. The lowest BCUT2D eigenvalue weighted by molar-refractivity contribution is -0.384. The second kappa shape index (κ2) is 8.76. The highest BCUT2D eigenvalue weighted by molar-refractivity contribution is 5.58. The van der Waals surface area contributed by atoms with Crippen LogP contribution < -0.4 is 10.2 Å². The van der Waals surface area contributed by atoms with E-state index in [9.17, 15) is 10.1 Å². The number of hydrogen-bond acceptors (Lipinski definition) is 5. The van der Waals surface area contributed by atoms with Crippen LogP contribution >= 0.6 is 0 Å². The summed E-state index contributed by atoms with van der Waals surface area (Å²) in [6.07, 6.45) is 4.67. The van der Waals surface area contributed by atoms with Crippen LogP contribution in [-0.4, -0.2) is 35.6 Å². The number of nitrogens with zero attached hydrogens (tertiary/aromatic N) is 3. The summed E-state index contributed by atoms with van der Waals surface area (Å²) in [7, 11) is 0. The van der Waals surface area contributed by atoms with Crippen LogP contribution in [-0.2, 0) is 6.42 Å². The third kappa shape index (κ3) is 4.19. The Morgan fingerprint density at radius 1 is 1.23 bits per heavy atom. The zero-order chi connectivity index (χ0) is 18.4. The second-order valence-corrected chi connectivity index (χ2v) is 6.73. The lowest BCUT2D eigenvalue weighted by Gasteiger charge is -2.39. The van der Waals surface area contributed by atoms with Crippen LogP contribution in [0.15, 0.2) is 48.7 Å². The molecule has 2 heterocycles. The molecule has 0 saturated carbocycles. The van der Waals surface area contributed by atoms with E-state index in [1.54, 1.807) is 18.3 Å².